The van der Waals surface area contributed by atoms with E-state index in [1.54, 1.807) is 13.2 Å². The third-order valence-corrected chi connectivity index (χ3v) is 2.66. The van der Waals surface area contributed by atoms with Crippen LogP contribution in [0.5, 0.6) is 5.75 Å². The van der Waals surface area contributed by atoms with Gasteiger partial charge in [-0.1, -0.05) is 12.1 Å². The first-order valence-electron chi connectivity index (χ1n) is 5.41. The third-order valence-electron chi connectivity index (χ3n) is 2.66. The zero-order chi connectivity index (χ0) is 13.1. The quantitative estimate of drug-likeness (QED) is 0.615. The number of nitrogens with one attached hydrogen (secondary N) is 1. The Balaban J connectivity index is 2.01. The Kier molecular flexibility index (Phi) is 3.27. The number of rotatable bonds is 4. The molecule has 1 N–H and O–H groups in total. The van der Waals surface area contributed by atoms with Gasteiger partial charge in [-0.05, 0) is 24.1 Å². The normalized spacial score (nSPS) is 14.9. The van der Waals surface area contributed by atoms with Gasteiger partial charge in [0.1, 0.15) is 5.75 Å². The van der Waals surface area contributed by atoms with Crippen LogP contribution in [-0.2, 0) is 16.0 Å². The summed E-state index contributed by atoms with van der Waals surface area (Å²) in [7, 11) is 1.56. The molecular weight excluding hydrogens is 236 g/mol. The predicted molar refractivity (Wildman–Crippen MR) is 61.9 cm³/mol. The van der Waals surface area contributed by atoms with Gasteiger partial charge in [-0.25, -0.2) is 4.79 Å². The summed E-state index contributed by atoms with van der Waals surface area (Å²) in [6.07, 6.45) is 0.476. The molecule has 0 aliphatic carbocycles. The van der Waals surface area contributed by atoms with Crippen LogP contribution in [0.4, 0.5) is 4.79 Å². The van der Waals surface area contributed by atoms with Gasteiger partial charge in [0, 0.05) is 6.54 Å². The smallest absolute Gasteiger partial charge is 0.331 e. The van der Waals surface area contributed by atoms with Crippen LogP contribution in [0.3, 0.4) is 0 Å². The van der Waals surface area contributed by atoms with Crippen molar-refractivity contribution in [3.63, 3.8) is 0 Å². The lowest BCUT2D eigenvalue weighted by molar-refractivity contribution is -0.140. The Hall–Kier alpha value is -2.37. The minimum absolute atomic E-state index is 0.170. The Morgan fingerprint density at radius 1 is 1.28 bits per heavy atom. The maximum absolute atomic E-state index is 11.3. The fourth-order valence-electron chi connectivity index (χ4n) is 1.70. The molecular formula is C12H12N2O4. The van der Waals surface area contributed by atoms with Gasteiger partial charge in [-0.2, -0.15) is 0 Å². The summed E-state index contributed by atoms with van der Waals surface area (Å²) in [5.41, 5.74) is 0.925. The van der Waals surface area contributed by atoms with Crippen molar-refractivity contribution in [3.8, 4) is 5.75 Å². The third kappa shape index (κ3) is 2.32. The molecule has 1 aromatic carbocycles. The molecule has 0 spiro atoms. The molecule has 0 unspecified atom stereocenters. The van der Waals surface area contributed by atoms with E-state index in [4.69, 9.17) is 4.74 Å². The van der Waals surface area contributed by atoms with Gasteiger partial charge >= 0.3 is 17.8 Å². The van der Waals surface area contributed by atoms with Gasteiger partial charge in [0.15, 0.2) is 0 Å². The standard InChI is InChI=1S/C12H12N2O4/c1-18-9-4-2-3-8(7-9)5-6-14-11(16)10(15)13-12(14)17/h2-4,7H,5-6H2,1H3,(H,13,15,17). The van der Waals surface area contributed by atoms with E-state index in [1.807, 2.05) is 23.5 Å². The Bertz CT molecular complexity index is 513. The van der Waals surface area contributed by atoms with Gasteiger partial charge in [0.2, 0.25) is 0 Å². The number of imide groups is 2. The molecule has 1 aliphatic rings. The van der Waals surface area contributed by atoms with E-state index in [0.717, 1.165) is 10.5 Å². The highest BCUT2D eigenvalue weighted by Gasteiger charge is 2.36. The maximum atomic E-state index is 11.3. The highest BCUT2D eigenvalue weighted by atomic mass is 16.5. The Morgan fingerprint density at radius 3 is 2.67 bits per heavy atom. The van der Waals surface area contributed by atoms with E-state index in [1.165, 1.54) is 0 Å². The van der Waals surface area contributed by atoms with E-state index in [0.29, 0.717) is 12.2 Å². The Morgan fingerprint density at radius 2 is 2.06 bits per heavy atom. The topological polar surface area (TPSA) is 75.7 Å². The highest BCUT2D eigenvalue weighted by Crippen LogP contribution is 2.13. The van der Waals surface area contributed by atoms with Crippen LogP contribution < -0.4 is 10.1 Å². The number of benzene rings is 1. The number of carbonyl (C=O) groups is 3. The summed E-state index contributed by atoms with van der Waals surface area (Å²) in [4.78, 5) is 34.5. The van der Waals surface area contributed by atoms with E-state index in [-0.39, 0.29) is 6.54 Å². The second-order valence-electron chi connectivity index (χ2n) is 3.82. The Labute approximate surface area is 104 Å². The van der Waals surface area contributed by atoms with Gasteiger partial charge in [0.25, 0.3) is 0 Å². The summed E-state index contributed by atoms with van der Waals surface area (Å²) in [6.45, 7) is 0.170. The van der Waals surface area contributed by atoms with Crippen molar-refractivity contribution in [2.75, 3.05) is 13.7 Å². The molecule has 1 aliphatic heterocycles. The molecule has 1 aromatic rings. The second kappa shape index (κ2) is 4.87. The average molecular weight is 248 g/mol. The summed E-state index contributed by atoms with van der Waals surface area (Å²) in [5, 5.41) is 1.95. The molecule has 94 valence electrons. The molecule has 6 heteroatoms. The first-order valence-corrected chi connectivity index (χ1v) is 5.41. The zero-order valence-corrected chi connectivity index (χ0v) is 9.80. The predicted octanol–water partition coefficient (Wildman–Crippen LogP) is 0.316. The van der Waals surface area contributed by atoms with Crippen LogP contribution in [0.1, 0.15) is 5.56 Å². The second-order valence-corrected chi connectivity index (χ2v) is 3.82. The van der Waals surface area contributed by atoms with Crippen LogP contribution in [0.25, 0.3) is 0 Å². The van der Waals surface area contributed by atoms with Crippen LogP contribution in [0.15, 0.2) is 24.3 Å². The SMILES string of the molecule is COc1cccc(CCN2C(=O)NC(=O)C2=O)c1. The lowest BCUT2D eigenvalue weighted by Gasteiger charge is -2.11. The van der Waals surface area contributed by atoms with Gasteiger partial charge < -0.3 is 4.74 Å². The van der Waals surface area contributed by atoms with Gasteiger partial charge in [0.05, 0.1) is 7.11 Å². The lowest BCUT2D eigenvalue weighted by atomic mass is 10.1. The van der Waals surface area contributed by atoms with E-state index >= 15 is 0 Å². The molecule has 6 nitrogen and oxygen atoms in total. The summed E-state index contributed by atoms with van der Waals surface area (Å²) < 4.78 is 5.07. The largest absolute Gasteiger partial charge is 0.497 e. The maximum Gasteiger partial charge on any atom is 0.331 e. The summed E-state index contributed by atoms with van der Waals surface area (Å²) in [6, 6.07) is 6.66. The molecule has 1 saturated heterocycles. The number of hydrogen-bond acceptors (Lipinski definition) is 4. The van der Waals surface area contributed by atoms with Crippen molar-refractivity contribution in [3.05, 3.63) is 29.8 Å². The number of hydrogen-bond donors (Lipinski definition) is 1. The van der Waals surface area contributed by atoms with Crippen molar-refractivity contribution in [1.82, 2.24) is 10.2 Å². The molecule has 0 atom stereocenters. The molecule has 2 rings (SSSR count). The molecule has 0 saturated carbocycles. The molecule has 0 radical (unpaired) electrons. The van der Waals surface area contributed by atoms with Crippen molar-refractivity contribution in [2.24, 2.45) is 0 Å². The first-order chi connectivity index (χ1) is 8.61. The van der Waals surface area contributed by atoms with Crippen LogP contribution in [0, 0.1) is 0 Å². The van der Waals surface area contributed by atoms with Gasteiger partial charge in [-0.3, -0.25) is 19.8 Å². The average Bonchev–Trinajstić information content (AvgIpc) is 2.61. The zero-order valence-electron chi connectivity index (χ0n) is 9.80. The van der Waals surface area contributed by atoms with Crippen molar-refractivity contribution < 1.29 is 19.1 Å². The number of ether oxygens (including phenoxy) is 1. The number of nitrogens with zero attached hydrogens (tertiary/aromatic N) is 1. The van der Waals surface area contributed by atoms with E-state index in [9.17, 15) is 14.4 Å². The van der Waals surface area contributed by atoms with Crippen LogP contribution >= 0.6 is 0 Å². The molecule has 1 fully saturated rings. The molecule has 4 amide bonds. The van der Waals surface area contributed by atoms with Crippen LogP contribution in [0.2, 0.25) is 0 Å². The number of amides is 4. The highest BCUT2D eigenvalue weighted by molar-refractivity contribution is 6.44. The molecule has 18 heavy (non-hydrogen) atoms. The molecule has 0 aromatic heterocycles. The van der Waals surface area contributed by atoms with Crippen molar-refractivity contribution in [1.29, 1.82) is 0 Å². The summed E-state index contributed by atoms with van der Waals surface area (Å²) in [5.74, 6) is -0.964. The van der Waals surface area contributed by atoms with Crippen LogP contribution in [-0.4, -0.2) is 36.4 Å². The van der Waals surface area contributed by atoms with Crippen molar-refractivity contribution in [2.45, 2.75) is 6.42 Å². The minimum atomic E-state index is -0.870. The first kappa shape index (κ1) is 12.1. The number of carbonyl (C=O) groups excluding carboxylic acids is 3. The monoisotopic (exact) mass is 248 g/mol. The van der Waals surface area contributed by atoms with Crippen molar-refractivity contribution >= 4 is 17.8 Å². The fraction of sp³-hybridized carbons (Fsp3) is 0.250. The summed E-state index contributed by atoms with van der Waals surface area (Å²) >= 11 is 0. The van der Waals surface area contributed by atoms with Gasteiger partial charge in [-0.15, -0.1) is 0 Å². The number of urea groups is 1. The van der Waals surface area contributed by atoms with E-state index < -0.39 is 17.8 Å². The molecule has 1 heterocycles. The number of methoxy groups -OCH3 is 1. The van der Waals surface area contributed by atoms with E-state index in [2.05, 4.69) is 0 Å². The minimum Gasteiger partial charge on any atom is -0.497 e. The lowest BCUT2D eigenvalue weighted by Crippen LogP contribution is -2.32. The fourth-order valence-corrected chi connectivity index (χ4v) is 1.70. The molecule has 0 bridgehead atoms.